The molecule has 0 saturated carbocycles. The van der Waals surface area contributed by atoms with Gasteiger partial charge < -0.3 is 9.84 Å². The summed E-state index contributed by atoms with van der Waals surface area (Å²) in [6.45, 7) is 3.08. The van der Waals surface area contributed by atoms with Crippen molar-refractivity contribution in [2.45, 2.75) is 26.2 Å². The molecule has 0 aliphatic heterocycles. The van der Waals surface area contributed by atoms with E-state index in [0.29, 0.717) is 6.42 Å². The minimum Gasteiger partial charge on any atom is -0.396 e. The fourth-order valence-electron chi connectivity index (χ4n) is 2.56. The highest BCUT2D eigenvalue weighted by molar-refractivity contribution is 5.68. The number of rotatable bonds is 7. The van der Waals surface area contributed by atoms with E-state index in [1.54, 1.807) is 7.11 Å². The smallest absolute Gasteiger partial charge is 0.0471 e. The molecule has 0 spiro atoms. The second-order valence-electron chi connectivity index (χ2n) is 5.43. The molecule has 2 nitrogen and oxygen atoms in total. The monoisotopic (exact) mass is 284 g/mol. The number of benzene rings is 2. The van der Waals surface area contributed by atoms with E-state index in [0.717, 1.165) is 19.4 Å². The molecule has 112 valence electrons. The summed E-state index contributed by atoms with van der Waals surface area (Å²) < 4.78 is 5.16. The topological polar surface area (TPSA) is 29.5 Å². The molecule has 0 heterocycles. The van der Waals surface area contributed by atoms with E-state index in [1.165, 1.54) is 27.8 Å². The van der Waals surface area contributed by atoms with E-state index < -0.39 is 0 Å². The predicted molar refractivity (Wildman–Crippen MR) is 87.6 cm³/mol. The summed E-state index contributed by atoms with van der Waals surface area (Å²) in [6.07, 6.45) is 2.72. The third-order valence-corrected chi connectivity index (χ3v) is 3.73. The number of aliphatic hydroxyl groups is 1. The molecular weight excluding hydrogens is 260 g/mol. The molecule has 0 unspecified atom stereocenters. The van der Waals surface area contributed by atoms with Crippen LogP contribution in [0.15, 0.2) is 42.5 Å². The van der Waals surface area contributed by atoms with E-state index >= 15 is 0 Å². The lowest BCUT2D eigenvalue weighted by molar-refractivity contribution is 0.195. The molecule has 0 fully saturated rings. The average molecular weight is 284 g/mol. The van der Waals surface area contributed by atoms with Gasteiger partial charge in [0.1, 0.15) is 0 Å². The maximum absolute atomic E-state index is 9.12. The largest absolute Gasteiger partial charge is 0.396 e. The van der Waals surface area contributed by atoms with Gasteiger partial charge in [-0.2, -0.15) is 0 Å². The van der Waals surface area contributed by atoms with E-state index in [4.69, 9.17) is 9.84 Å². The van der Waals surface area contributed by atoms with E-state index in [-0.39, 0.29) is 6.61 Å². The van der Waals surface area contributed by atoms with Crippen molar-refractivity contribution in [2.24, 2.45) is 0 Å². The first kappa shape index (κ1) is 15.7. The van der Waals surface area contributed by atoms with Gasteiger partial charge in [-0.15, -0.1) is 0 Å². The minimum atomic E-state index is 0.196. The summed E-state index contributed by atoms with van der Waals surface area (Å²) in [7, 11) is 1.74. The molecule has 0 aliphatic carbocycles. The first-order chi connectivity index (χ1) is 10.2. The molecule has 0 amide bonds. The lowest BCUT2D eigenvalue weighted by Gasteiger charge is -2.12. The zero-order chi connectivity index (χ0) is 15.1. The molecule has 21 heavy (non-hydrogen) atoms. The number of ether oxygens (including phenoxy) is 1. The van der Waals surface area contributed by atoms with Crippen molar-refractivity contribution in [1.82, 2.24) is 0 Å². The standard InChI is InChI=1S/C19H24O2/c1-15-5-8-17(9-6-15)19-10-7-16(11-12-20)14-18(19)4-3-13-21-2/h5-10,14,20H,3-4,11-13H2,1-2H3. The first-order valence-electron chi connectivity index (χ1n) is 7.53. The first-order valence-corrected chi connectivity index (χ1v) is 7.53. The number of aliphatic hydroxyl groups excluding tert-OH is 1. The normalized spacial score (nSPS) is 10.8. The molecule has 2 aromatic rings. The van der Waals surface area contributed by atoms with Gasteiger partial charge >= 0.3 is 0 Å². The van der Waals surface area contributed by atoms with Gasteiger partial charge in [0.25, 0.3) is 0 Å². The van der Waals surface area contributed by atoms with E-state index in [2.05, 4.69) is 49.4 Å². The van der Waals surface area contributed by atoms with Gasteiger partial charge in [0.2, 0.25) is 0 Å². The molecule has 2 aromatic carbocycles. The van der Waals surface area contributed by atoms with Gasteiger partial charge in [-0.05, 0) is 48.4 Å². The van der Waals surface area contributed by atoms with Crippen LogP contribution in [0, 0.1) is 6.92 Å². The third kappa shape index (κ3) is 4.42. The Kier molecular flexibility index (Phi) is 5.97. The van der Waals surface area contributed by atoms with Gasteiger partial charge in [0.15, 0.2) is 0 Å². The summed E-state index contributed by atoms with van der Waals surface area (Å²) in [5.41, 5.74) is 6.34. The van der Waals surface area contributed by atoms with Crippen LogP contribution in [0.5, 0.6) is 0 Å². The van der Waals surface area contributed by atoms with Crippen molar-refractivity contribution < 1.29 is 9.84 Å². The Labute approximate surface area is 127 Å². The van der Waals surface area contributed by atoms with Crippen molar-refractivity contribution in [2.75, 3.05) is 20.3 Å². The Bertz CT molecular complexity index is 558. The number of hydrogen-bond acceptors (Lipinski definition) is 2. The highest BCUT2D eigenvalue weighted by Gasteiger charge is 2.07. The van der Waals surface area contributed by atoms with Crippen molar-refractivity contribution in [3.63, 3.8) is 0 Å². The van der Waals surface area contributed by atoms with E-state index in [9.17, 15) is 0 Å². The van der Waals surface area contributed by atoms with Crippen LogP contribution in [0.4, 0.5) is 0 Å². The maximum Gasteiger partial charge on any atom is 0.0471 e. The SMILES string of the molecule is COCCCc1cc(CCO)ccc1-c1ccc(C)cc1. The summed E-state index contributed by atoms with van der Waals surface area (Å²) in [6, 6.07) is 15.2. The van der Waals surface area contributed by atoms with Gasteiger partial charge in [0.05, 0.1) is 0 Å². The second-order valence-corrected chi connectivity index (χ2v) is 5.43. The Morgan fingerprint density at radius 2 is 1.76 bits per heavy atom. The Balaban J connectivity index is 2.31. The Morgan fingerprint density at radius 1 is 1.00 bits per heavy atom. The van der Waals surface area contributed by atoms with Crippen LogP contribution < -0.4 is 0 Å². The zero-order valence-corrected chi connectivity index (χ0v) is 12.9. The Morgan fingerprint density at radius 3 is 2.43 bits per heavy atom. The number of methoxy groups -OCH3 is 1. The lowest BCUT2D eigenvalue weighted by atomic mass is 9.93. The molecule has 2 heteroatoms. The minimum absolute atomic E-state index is 0.196. The van der Waals surface area contributed by atoms with Crippen LogP contribution in [0.2, 0.25) is 0 Å². The quantitative estimate of drug-likeness (QED) is 0.784. The molecule has 1 N–H and O–H groups in total. The third-order valence-electron chi connectivity index (χ3n) is 3.73. The van der Waals surface area contributed by atoms with Crippen LogP contribution in [0.25, 0.3) is 11.1 Å². The van der Waals surface area contributed by atoms with Gasteiger partial charge in [-0.3, -0.25) is 0 Å². The summed E-state index contributed by atoms with van der Waals surface area (Å²) in [5, 5.41) is 9.12. The molecular formula is C19H24O2. The zero-order valence-electron chi connectivity index (χ0n) is 12.9. The molecule has 0 aliphatic rings. The summed E-state index contributed by atoms with van der Waals surface area (Å²) >= 11 is 0. The number of aryl methyl sites for hydroxylation is 2. The maximum atomic E-state index is 9.12. The molecule has 0 radical (unpaired) electrons. The second kappa shape index (κ2) is 7.96. The summed E-state index contributed by atoms with van der Waals surface area (Å²) in [4.78, 5) is 0. The average Bonchev–Trinajstić information content (AvgIpc) is 2.49. The van der Waals surface area contributed by atoms with Gasteiger partial charge in [0, 0.05) is 20.3 Å². The van der Waals surface area contributed by atoms with Crippen molar-refractivity contribution in [3.8, 4) is 11.1 Å². The molecule has 0 bridgehead atoms. The molecule has 0 atom stereocenters. The van der Waals surface area contributed by atoms with Crippen molar-refractivity contribution in [1.29, 1.82) is 0 Å². The van der Waals surface area contributed by atoms with Crippen molar-refractivity contribution in [3.05, 3.63) is 59.2 Å². The fourth-order valence-corrected chi connectivity index (χ4v) is 2.56. The highest BCUT2D eigenvalue weighted by atomic mass is 16.5. The van der Waals surface area contributed by atoms with Crippen LogP contribution in [0.1, 0.15) is 23.1 Å². The van der Waals surface area contributed by atoms with Crippen molar-refractivity contribution >= 4 is 0 Å². The molecule has 0 saturated heterocycles. The fraction of sp³-hybridized carbons (Fsp3) is 0.368. The number of hydrogen-bond donors (Lipinski definition) is 1. The van der Waals surface area contributed by atoms with Crippen LogP contribution >= 0.6 is 0 Å². The van der Waals surface area contributed by atoms with Gasteiger partial charge in [-0.25, -0.2) is 0 Å². The Hall–Kier alpha value is -1.64. The summed E-state index contributed by atoms with van der Waals surface area (Å²) in [5.74, 6) is 0. The van der Waals surface area contributed by atoms with E-state index in [1.807, 2.05) is 0 Å². The highest BCUT2D eigenvalue weighted by Crippen LogP contribution is 2.26. The van der Waals surface area contributed by atoms with Gasteiger partial charge in [-0.1, -0.05) is 48.0 Å². The molecule has 0 aromatic heterocycles. The van der Waals surface area contributed by atoms with Crippen LogP contribution in [-0.2, 0) is 17.6 Å². The predicted octanol–water partition coefficient (Wildman–Crippen LogP) is 3.78. The molecule has 2 rings (SSSR count). The van der Waals surface area contributed by atoms with Crippen LogP contribution in [0.3, 0.4) is 0 Å². The lowest BCUT2D eigenvalue weighted by Crippen LogP contribution is -1.98. The van der Waals surface area contributed by atoms with Crippen LogP contribution in [-0.4, -0.2) is 25.4 Å².